The number of benzene rings is 3. The number of hydrogen-bond acceptors (Lipinski definition) is 6. The van der Waals surface area contributed by atoms with Crippen molar-refractivity contribution in [2.24, 2.45) is 5.92 Å². The van der Waals surface area contributed by atoms with Crippen LogP contribution in [0.15, 0.2) is 54.6 Å². The van der Waals surface area contributed by atoms with Crippen LogP contribution in [-0.2, 0) is 11.3 Å². The Balaban J connectivity index is 1.36. The Morgan fingerprint density at radius 3 is 2.50 bits per heavy atom. The summed E-state index contributed by atoms with van der Waals surface area (Å²) >= 11 is 6.97. The first-order valence-electron chi connectivity index (χ1n) is 13.0. The molecule has 8 heteroatoms. The zero-order valence-corrected chi connectivity index (χ0v) is 22.9. The second-order valence-corrected chi connectivity index (χ2v) is 10.4. The highest BCUT2D eigenvalue weighted by atomic mass is 35.5. The van der Waals surface area contributed by atoms with E-state index in [1.807, 2.05) is 56.6 Å². The van der Waals surface area contributed by atoms with Crippen molar-refractivity contribution in [1.82, 2.24) is 15.3 Å². The molecule has 7 nitrogen and oxygen atoms in total. The van der Waals surface area contributed by atoms with Gasteiger partial charge in [0.1, 0.15) is 19.0 Å². The van der Waals surface area contributed by atoms with Crippen LogP contribution in [0, 0.1) is 5.92 Å². The van der Waals surface area contributed by atoms with Gasteiger partial charge in [0.2, 0.25) is 5.91 Å². The first-order chi connectivity index (χ1) is 18.4. The second kappa shape index (κ2) is 11.6. The highest BCUT2D eigenvalue weighted by Gasteiger charge is 2.27. The monoisotopic (exact) mass is 535 g/mol. The normalized spacial score (nSPS) is 17.3. The van der Waals surface area contributed by atoms with Crippen LogP contribution < -0.4 is 19.6 Å². The molecule has 1 fully saturated rings. The number of nitrogens with zero attached hydrogens (tertiary/aromatic N) is 2. The van der Waals surface area contributed by atoms with Crippen molar-refractivity contribution in [2.45, 2.75) is 19.4 Å². The molecule has 0 saturated carbocycles. The quantitative estimate of drug-likeness (QED) is 0.416. The van der Waals surface area contributed by atoms with Crippen LogP contribution in [0.25, 0.3) is 22.3 Å². The van der Waals surface area contributed by atoms with E-state index in [2.05, 4.69) is 22.5 Å². The van der Waals surface area contributed by atoms with Gasteiger partial charge in [-0.2, -0.15) is 0 Å². The van der Waals surface area contributed by atoms with Gasteiger partial charge in [-0.05, 0) is 48.7 Å². The van der Waals surface area contributed by atoms with Gasteiger partial charge in [-0.3, -0.25) is 15.1 Å². The first kappa shape index (κ1) is 26.4. The summed E-state index contributed by atoms with van der Waals surface area (Å²) in [7, 11) is 5.37. The molecule has 1 amide bonds. The number of carbonyl (C=O) groups excluding carboxylic acids is 1. The number of halogens is 1. The van der Waals surface area contributed by atoms with Gasteiger partial charge in [0.15, 0.2) is 11.5 Å². The van der Waals surface area contributed by atoms with E-state index >= 15 is 0 Å². The highest BCUT2D eigenvalue weighted by Crippen LogP contribution is 2.41. The summed E-state index contributed by atoms with van der Waals surface area (Å²) in [6.07, 6.45) is 1.90. The van der Waals surface area contributed by atoms with Crippen molar-refractivity contribution < 1.29 is 19.0 Å². The number of nitrogens with one attached hydrogen (secondary N) is 1. The van der Waals surface area contributed by atoms with Crippen LogP contribution >= 0.6 is 11.6 Å². The van der Waals surface area contributed by atoms with Gasteiger partial charge >= 0.3 is 0 Å². The Labute approximate surface area is 229 Å². The molecule has 200 valence electrons. The van der Waals surface area contributed by atoms with Gasteiger partial charge in [0.05, 0.1) is 18.1 Å². The summed E-state index contributed by atoms with van der Waals surface area (Å²) in [5.74, 6) is 2.36. The number of hydrogen-bond donors (Lipinski definition) is 1. The van der Waals surface area contributed by atoms with E-state index in [0.717, 1.165) is 77.5 Å². The summed E-state index contributed by atoms with van der Waals surface area (Å²) in [6.45, 7) is 3.51. The molecule has 1 saturated heterocycles. The predicted molar refractivity (Wildman–Crippen MR) is 150 cm³/mol. The van der Waals surface area contributed by atoms with Gasteiger partial charge in [0.25, 0.3) is 0 Å². The standard InChI is InChI=1S/C30H34ClN3O4/c1-33(2)32-30(35)23-6-5-13-34(19-23)18-22-10-9-20(16-27(22)36-3)24-7-4-8-25(29(24)31)21-11-12-26-28(17-21)38-15-14-37-26/h4,7-12,16-17,23H,5-6,13-15,18-19H2,1-3H3,(H,32,35). The maximum atomic E-state index is 12.5. The second-order valence-electron chi connectivity index (χ2n) is 10.00. The number of amides is 1. The summed E-state index contributed by atoms with van der Waals surface area (Å²) in [4.78, 5) is 14.9. The Morgan fingerprint density at radius 1 is 1.05 bits per heavy atom. The third-order valence-electron chi connectivity index (χ3n) is 7.05. The summed E-state index contributed by atoms with van der Waals surface area (Å²) < 4.78 is 17.2. The van der Waals surface area contributed by atoms with Crippen molar-refractivity contribution in [3.8, 4) is 39.5 Å². The summed E-state index contributed by atoms with van der Waals surface area (Å²) in [6, 6.07) is 18.2. The van der Waals surface area contributed by atoms with Gasteiger partial charge in [-0.25, -0.2) is 5.01 Å². The molecule has 1 N–H and O–H groups in total. The molecule has 38 heavy (non-hydrogen) atoms. The lowest BCUT2D eigenvalue weighted by Crippen LogP contribution is -2.46. The molecule has 1 atom stereocenters. The molecule has 2 aliphatic rings. The average Bonchev–Trinajstić information content (AvgIpc) is 2.93. The lowest BCUT2D eigenvalue weighted by molar-refractivity contribution is -0.130. The predicted octanol–water partition coefficient (Wildman–Crippen LogP) is 5.26. The average molecular weight is 536 g/mol. The van der Waals surface area contributed by atoms with Crippen LogP contribution in [0.3, 0.4) is 0 Å². The topological polar surface area (TPSA) is 63.3 Å². The van der Waals surface area contributed by atoms with Gasteiger partial charge in [-0.15, -0.1) is 0 Å². The van der Waals surface area contributed by atoms with Crippen LogP contribution in [0.1, 0.15) is 18.4 Å². The zero-order valence-electron chi connectivity index (χ0n) is 22.1. The van der Waals surface area contributed by atoms with Gasteiger partial charge in [0, 0.05) is 43.9 Å². The third-order valence-corrected chi connectivity index (χ3v) is 7.46. The van der Waals surface area contributed by atoms with Crippen LogP contribution in [0.4, 0.5) is 0 Å². The number of likely N-dealkylation sites (tertiary alicyclic amines) is 1. The molecule has 5 rings (SSSR count). The van der Waals surface area contributed by atoms with E-state index < -0.39 is 0 Å². The number of carbonyl (C=O) groups is 1. The zero-order chi connectivity index (χ0) is 26.6. The third kappa shape index (κ3) is 5.75. The van der Waals surface area contributed by atoms with E-state index in [0.29, 0.717) is 18.2 Å². The van der Waals surface area contributed by atoms with E-state index in [4.69, 9.17) is 25.8 Å². The summed E-state index contributed by atoms with van der Waals surface area (Å²) in [5.41, 5.74) is 7.81. The molecular formula is C30H34ClN3O4. The molecule has 3 aromatic rings. The molecule has 1 unspecified atom stereocenters. The van der Waals surface area contributed by atoms with Crippen molar-refractivity contribution in [3.63, 3.8) is 0 Å². The molecule has 0 radical (unpaired) electrons. The number of hydrazine groups is 1. The van der Waals surface area contributed by atoms with E-state index in [-0.39, 0.29) is 11.8 Å². The van der Waals surface area contributed by atoms with E-state index in [9.17, 15) is 4.79 Å². The van der Waals surface area contributed by atoms with Crippen molar-refractivity contribution in [3.05, 3.63) is 65.2 Å². The Hall–Kier alpha value is -3.26. The first-order valence-corrected chi connectivity index (χ1v) is 13.4. The Bertz CT molecular complexity index is 1310. The molecule has 0 aromatic heterocycles. The fourth-order valence-corrected chi connectivity index (χ4v) is 5.54. The molecule has 0 aliphatic carbocycles. The fraction of sp³-hybridized carbons (Fsp3) is 0.367. The van der Waals surface area contributed by atoms with Crippen molar-refractivity contribution >= 4 is 17.5 Å². The van der Waals surface area contributed by atoms with Crippen LogP contribution in [-0.4, -0.2) is 63.3 Å². The van der Waals surface area contributed by atoms with E-state index in [1.165, 1.54) is 0 Å². The maximum absolute atomic E-state index is 12.5. The molecule has 3 aromatic carbocycles. The van der Waals surface area contributed by atoms with Crippen molar-refractivity contribution in [1.29, 1.82) is 0 Å². The highest BCUT2D eigenvalue weighted by molar-refractivity contribution is 6.36. The van der Waals surface area contributed by atoms with Crippen LogP contribution in [0.5, 0.6) is 17.2 Å². The Kier molecular flexibility index (Phi) is 8.07. The largest absolute Gasteiger partial charge is 0.496 e. The van der Waals surface area contributed by atoms with Gasteiger partial charge < -0.3 is 14.2 Å². The maximum Gasteiger partial charge on any atom is 0.238 e. The Morgan fingerprint density at radius 2 is 1.76 bits per heavy atom. The molecule has 0 bridgehead atoms. The minimum Gasteiger partial charge on any atom is -0.496 e. The van der Waals surface area contributed by atoms with Gasteiger partial charge in [-0.1, -0.05) is 48.0 Å². The summed E-state index contributed by atoms with van der Waals surface area (Å²) in [5, 5.41) is 2.38. The molecular weight excluding hydrogens is 502 g/mol. The minimum absolute atomic E-state index is 0.0153. The molecule has 0 spiro atoms. The molecule has 2 aliphatic heterocycles. The number of methoxy groups -OCH3 is 1. The van der Waals surface area contributed by atoms with Crippen LogP contribution in [0.2, 0.25) is 5.02 Å². The number of ether oxygens (including phenoxy) is 3. The van der Waals surface area contributed by atoms with Crippen molar-refractivity contribution in [2.75, 3.05) is 47.5 Å². The lowest BCUT2D eigenvalue weighted by Gasteiger charge is -2.32. The number of fused-ring (bicyclic) bond motifs is 1. The smallest absolute Gasteiger partial charge is 0.238 e. The molecule has 2 heterocycles. The number of piperidine rings is 1. The lowest BCUT2D eigenvalue weighted by atomic mass is 9.95. The number of rotatable bonds is 7. The minimum atomic E-state index is -0.0153. The SMILES string of the molecule is COc1cc(-c2cccc(-c3ccc4c(c3)OCCO4)c2Cl)ccc1CN1CCCC(C(=O)NN(C)C)C1. The fourth-order valence-electron chi connectivity index (χ4n) is 5.20. The van der Waals surface area contributed by atoms with E-state index in [1.54, 1.807) is 12.1 Å².